The van der Waals surface area contributed by atoms with E-state index in [2.05, 4.69) is 17.0 Å². The smallest absolute Gasteiger partial charge is 0.382 e. The van der Waals surface area contributed by atoms with Crippen molar-refractivity contribution in [3.8, 4) is 6.07 Å². The van der Waals surface area contributed by atoms with Crippen LogP contribution in [-0.4, -0.2) is 57.7 Å². The lowest BCUT2D eigenvalue weighted by Gasteiger charge is -2.26. The number of phosphoric acid groups is 1. The van der Waals surface area contributed by atoms with E-state index in [0.717, 1.165) is 31.0 Å². The number of nitrogens with two attached hydrogens (primary N) is 2. The Labute approximate surface area is 306 Å². The van der Waals surface area contributed by atoms with Crippen LogP contribution in [0.3, 0.4) is 0 Å². The van der Waals surface area contributed by atoms with Crippen LogP contribution in [0.5, 0.6) is 0 Å². The topological polar surface area (TPSA) is 189 Å². The van der Waals surface area contributed by atoms with Gasteiger partial charge in [0.05, 0.1) is 37.1 Å². The molecule has 0 aliphatic carbocycles. The second-order valence-electron chi connectivity index (χ2n) is 13.7. The number of hydrogen-bond acceptors (Lipinski definition) is 11. The number of ether oxygens (including phenoxy) is 3. The maximum absolute atomic E-state index is 14.0. The van der Waals surface area contributed by atoms with E-state index in [0.29, 0.717) is 36.3 Å². The van der Waals surface area contributed by atoms with E-state index in [-0.39, 0.29) is 25.4 Å². The van der Waals surface area contributed by atoms with E-state index in [1.807, 2.05) is 12.1 Å². The molecular weight excluding hydrogens is 690 g/mol. The lowest BCUT2D eigenvalue weighted by atomic mass is 10.0. The molecule has 0 spiro atoms. The number of halogens is 1. The van der Waals surface area contributed by atoms with Crippen molar-refractivity contribution in [1.29, 1.82) is 5.26 Å². The van der Waals surface area contributed by atoms with Gasteiger partial charge in [0.15, 0.2) is 5.82 Å². The van der Waals surface area contributed by atoms with Crippen molar-refractivity contribution in [2.45, 2.75) is 128 Å². The molecule has 3 heterocycles. The van der Waals surface area contributed by atoms with Gasteiger partial charge in [-0.05, 0) is 55.2 Å². The Balaban J connectivity index is 1.19. The summed E-state index contributed by atoms with van der Waals surface area (Å²) in [5, 5.41) is 13.4. The zero-order chi connectivity index (χ0) is 37.2. The van der Waals surface area contributed by atoms with Gasteiger partial charge in [0.2, 0.25) is 0 Å². The molecule has 1 aliphatic heterocycles. The summed E-state index contributed by atoms with van der Waals surface area (Å²) < 4.78 is 57.0. The highest BCUT2D eigenvalue weighted by Crippen LogP contribution is 2.46. The van der Waals surface area contributed by atoms with Gasteiger partial charge < -0.3 is 30.6 Å². The Bertz CT molecular complexity index is 1610. The summed E-state index contributed by atoms with van der Waals surface area (Å²) >= 11 is 0. The summed E-state index contributed by atoms with van der Waals surface area (Å²) in [6.45, 7) is 2.00. The number of nitrogens with zero attached hydrogens (tertiary/aromatic N) is 4. The van der Waals surface area contributed by atoms with Crippen LogP contribution in [0, 0.1) is 17.1 Å². The van der Waals surface area contributed by atoms with Crippen molar-refractivity contribution < 1.29 is 37.1 Å². The van der Waals surface area contributed by atoms with E-state index < -0.39 is 38.2 Å². The van der Waals surface area contributed by atoms with E-state index >= 15 is 0 Å². The second-order valence-corrected chi connectivity index (χ2v) is 15.1. The van der Waals surface area contributed by atoms with Gasteiger partial charge in [0.1, 0.15) is 42.2 Å². The number of hydrogen-bond donors (Lipinski definition) is 3. The largest absolute Gasteiger partial charge is 0.472 e. The fourth-order valence-electron chi connectivity index (χ4n) is 6.31. The van der Waals surface area contributed by atoms with E-state index in [9.17, 15) is 19.1 Å². The molecular formula is C37H56FN6O7P. The number of nitriles is 1. The Kier molecular flexibility index (Phi) is 17.4. The highest BCUT2D eigenvalue weighted by Gasteiger charge is 2.41. The minimum absolute atomic E-state index is 0.0642. The molecule has 4 atom stereocenters. The third kappa shape index (κ3) is 14.1. The number of nitrogen functional groups attached to an aromatic ring is 1. The number of benzene rings is 1. The number of fused-ring (bicyclic) bond motifs is 1. The molecule has 0 bridgehead atoms. The van der Waals surface area contributed by atoms with Crippen molar-refractivity contribution >= 4 is 19.2 Å². The van der Waals surface area contributed by atoms with Gasteiger partial charge in [-0.15, -0.1) is 0 Å². The van der Waals surface area contributed by atoms with Gasteiger partial charge in [0, 0.05) is 6.61 Å². The molecule has 1 saturated heterocycles. The zero-order valence-corrected chi connectivity index (χ0v) is 31.3. The summed E-state index contributed by atoms with van der Waals surface area (Å²) in [5.74, 6) is -0.234. The molecule has 5 N–H and O–H groups in total. The highest BCUT2D eigenvalue weighted by molar-refractivity contribution is 7.47. The van der Waals surface area contributed by atoms with Gasteiger partial charge in [0.25, 0.3) is 0 Å². The van der Waals surface area contributed by atoms with Crippen molar-refractivity contribution in [2.24, 2.45) is 5.73 Å². The van der Waals surface area contributed by atoms with Crippen LogP contribution < -0.4 is 11.5 Å². The first-order chi connectivity index (χ1) is 25.1. The molecule has 3 aromatic rings. The average Bonchev–Trinajstić information content (AvgIpc) is 3.74. The Morgan fingerprint density at radius 2 is 1.75 bits per heavy atom. The lowest BCUT2D eigenvalue weighted by molar-refractivity contribution is -0.0771. The van der Waals surface area contributed by atoms with Crippen LogP contribution in [0.4, 0.5) is 10.2 Å². The van der Waals surface area contributed by atoms with Crippen LogP contribution in [0.1, 0.15) is 126 Å². The first-order valence-electron chi connectivity index (χ1n) is 18.7. The molecule has 4 rings (SSSR count). The van der Waals surface area contributed by atoms with Gasteiger partial charge in [-0.2, -0.15) is 10.4 Å². The molecule has 288 valence electrons. The lowest BCUT2D eigenvalue weighted by Crippen LogP contribution is -2.43. The summed E-state index contributed by atoms with van der Waals surface area (Å²) in [4.78, 5) is 14.5. The maximum Gasteiger partial charge on any atom is 0.472 e. The minimum Gasteiger partial charge on any atom is -0.382 e. The molecule has 1 aliphatic rings. The van der Waals surface area contributed by atoms with Crippen LogP contribution >= 0.6 is 7.82 Å². The molecule has 13 nitrogen and oxygen atoms in total. The predicted molar refractivity (Wildman–Crippen MR) is 195 cm³/mol. The summed E-state index contributed by atoms with van der Waals surface area (Å²) in [7, 11) is -4.60. The maximum atomic E-state index is 14.0. The minimum atomic E-state index is -4.60. The van der Waals surface area contributed by atoms with Gasteiger partial charge in [-0.3, -0.25) is 9.05 Å². The van der Waals surface area contributed by atoms with Gasteiger partial charge in [-0.25, -0.2) is 18.5 Å². The van der Waals surface area contributed by atoms with Crippen LogP contribution in [0.25, 0.3) is 5.52 Å². The first-order valence-corrected chi connectivity index (χ1v) is 20.2. The van der Waals surface area contributed by atoms with E-state index in [1.54, 1.807) is 10.6 Å². The van der Waals surface area contributed by atoms with Crippen molar-refractivity contribution in [3.63, 3.8) is 0 Å². The number of phosphoric ester groups is 1. The number of anilines is 1. The van der Waals surface area contributed by atoms with Gasteiger partial charge in [-0.1, -0.05) is 84.0 Å². The predicted octanol–water partition coefficient (Wildman–Crippen LogP) is 7.66. The molecule has 1 fully saturated rings. The monoisotopic (exact) mass is 746 g/mol. The fourth-order valence-corrected chi connectivity index (χ4v) is 7.12. The molecule has 0 radical (unpaired) electrons. The number of aromatic nitrogens is 3. The second kappa shape index (κ2) is 21.6. The van der Waals surface area contributed by atoms with Crippen LogP contribution in [0.15, 0.2) is 36.7 Å². The molecule has 0 amide bonds. The molecule has 0 saturated carbocycles. The molecule has 1 unspecified atom stereocenters. The van der Waals surface area contributed by atoms with E-state index in [1.165, 1.54) is 82.7 Å². The number of rotatable bonds is 26. The SMILES string of the molecule is CCCCCCCCCCCCCCCOC[C@H](COP(=O)(O)OC[C@]1(N)CC[C@H](c2ccc3c(N)ncnn23)O1)OCc1cc(F)cc(C#N)c1. The molecule has 15 heteroatoms. The zero-order valence-electron chi connectivity index (χ0n) is 30.4. The van der Waals surface area contributed by atoms with Crippen molar-refractivity contribution in [1.82, 2.24) is 14.6 Å². The van der Waals surface area contributed by atoms with Crippen LogP contribution in [0.2, 0.25) is 0 Å². The Hall–Kier alpha value is -2.99. The summed E-state index contributed by atoms with van der Waals surface area (Å²) in [5.41, 5.74) is 13.0. The standard InChI is InChI=1S/C37H56FN6O7P/c1-2-3-4-5-6-7-8-9-10-11-12-13-14-19-47-25-32(48-24-30-20-29(23-39)21-31(38)22-30)26-49-52(45,46)50-27-37(41)18-17-35(51-37)33-15-16-34-36(40)42-28-43-44(33)34/h15-16,20-22,28,32,35H,2-14,17-19,24-27,41H2,1H3,(H,45,46)(H2,40,42,43)/t32-,35-,37+/m1/s1. The third-order valence-corrected chi connectivity index (χ3v) is 10.1. The quantitative estimate of drug-likeness (QED) is 0.0538. The summed E-state index contributed by atoms with van der Waals surface area (Å²) in [6, 6.07) is 9.45. The van der Waals surface area contributed by atoms with E-state index in [4.69, 9.17) is 34.7 Å². The van der Waals surface area contributed by atoms with Crippen molar-refractivity contribution in [3.05, 3.63) is 59.3 Å². The third-order valence-electron chi connectivity index (χ3n) is 9.21. The normalized spacial score (nSPS) is 19.2. The Morgan fingerprint density at radius 3 is 2.44 bits per heavy atom. The Morgan fingerprint density at radius 1 is 1.06 bits per heavy atom. The molecule has 1 aromatic carbocycles. The molecule has 2 aromatic heterocycles. The fraction of sp³-hybridized carbons (Fsp3) is 0.649. The highest BCUT2D eigenvalue weighted by atomic mass is 31.2. The average molecular weight is 747 g/mol. The molecule has 52 heavy (non-hydrogen) atoms. The first kappa shape index (κ1) is 41.8. The number of unbranched alkanes of at least 4 members (excludes halogenated alkanes) is 12. The van der Waals surface area contributed by atoms with Crippen LogP contribution in [-0.2, 0) is 34.4 Å². The van der Waals surface area contributed by atoms with Gasteiger partial charge >= 0.3 is 7.82 Å². The van der Waals surface area contributed by atoms with Crippen molar-refractivity contribution in [2.75, 3.05) is 32.2 Å². The summed E-state index contributed by atoms with van der Waals surface area (Å²) in [6.07, 6.45) is 17.2.